The van der Waals surface area contributed by atoms with Crippen LogP contribution < -0.4 is 5.32 Å². The molecule has 3 aliphatic rings. The predicted octanol–water partition coefficient (Wildman–Crippen LogP) is 11.7. The normalized spacial score (nSPS) is 27.4. The summed E-state index contributed by atoms with van der Waals surface area (Å²) in [4.78, 5) is 13.4. The molecule has 0 aliphatic carbocycles. The van der Waals surface area contributed by atoms with Crippen molar-refractivity contribution in [3.05, 3.63) is 134 Å². The van der Waals surface area contributed by atoms with Crippen molar-refractivity contribution in [2.45, 2.75) is 336 Å². The Morgan fingerprint density at radius 1 is 0.374 bits per heavy atom. The largest absolute Gasteiger partial charge is 0.394 e. The summed E-state index contributed by atoms with van der Waals surface area (Å²) in [6.45, 7) is 1.58. The number of amides is 1. The molecule has 17 atom stereocenters. The van der Waals surface area contributed by atoms with E-state index >= 15 is 0 Å². The molecule has 19 heteroatoms. The molecule has 0 bridgehead atoms. The lowest BCUT2D eigenvalue weighted by molar-refractivity contribution is -0.379. The van der Waals surface area contributed by atoms with Gasteiger partial charge in [0.05, 0.1) is 38.6 Å². The third-order valence-corrected chi connectivity index (χ3v) is 17.9. The van der Waals surface area contributed by atoms with Gasteiger partial charge in [-0.3, -0.25) is 4.79 Å². The highest BCUT2D eigenvalue weighted by molar-refractivity contribution is 5.76. The summed E-state index contributed by atoms with van der Waals surface area (Å²) in [6, 6.07) is -1.01. The van der Waals surface area contributed by atoms with Crippen LogP contribution in [0.5, 0.6) is 0 Å². The molecule has 99 heavy (non-hydrogen) atoms. The SMILES string of the molecule is CC/C=C\C/C=C\C/C=C\C/C=C\C/C=C\C/C=C\C/C=C\C/C=C\CCCCCCCCCCC(=O)NC(COC1OC(CO)C(OC2OC(CO)C(OC3OC(CO)C(O)C(O)C3O)C(O)C2O)C(O)C1O)C(O)/C=C/CC/C=C/CC/C=C/CCCCCCCCCCCCC. The molecule has 3 heterocycles. The number of allylic oxidation sites excluding steroid dienone is 21. The summed E-state index contributed by atoms with van der Waals surface area (Å²) in [7, 11) is 0. The Hall–Kier alpha value is -4.07. The van der Waals surface area contributed by atoms with E-state index < -0.39 is 124 Å². The van der Waals surface area contributed by atoms with E-state index in [0.717, 1.165) is 122 Å². The summed E-state index contributed by atoms with van der Waals surface area (Å²) in [5.74, 6) is -0.303. The van der Waals surface area contributed by atoms with Gasteiger partial charge in [-0.2, -0.15) is 0 Å². The van der Waals surface area contributed by atoms with E-state index in [1.165, 1.54) is 77.0 Å². The van der Waals surface area contributed by atoms with E-state index in [1.807, 2.05) is 6.08 Å². The molecule has 19 nitrogen and oxygen atoms in total. The Kier molecular flexibility index (Phi) is 53.4. The second-order valence-corrected chi connectivity index (χ2v) is 26.4. The van der Waals surface area contributed by atoms with Crippen LogP contribution >= 0.6 is 0 Å². The second-order valence-electron chi connectivity index (χ2n) is 26.4. The van der Waals surface area contributed by atoms with Crippen LogP contribution in [0.3, 0.4) is 0 Å². The first-order valence-electron chi connectivity index (χ1n) is 37.9. The van der Waals surface area contributed by atoms with Gasteiger partial charge in [0.2, 0.25) is 5.91 Å². The van der Waals surface area contributed by atoms with Crippen LogP contribution in [0, 0.1) is 0 Å². The first-order valence-corrected chi connectivity index (χ1v) is 37.9. The van der Waals surface area contributed by atoms with Crippen molar-refractivity contribution in [3.8, 4) is 0 Å². The van der Waals surface area contributed by atoms with Crippen LogP contribution in [-0.4, -0.2) is 193 Å². The highest BCUT2D eigenvalue weighted by Crippen LogP contribution is 2.33. The standard InChI is InChI=1S/C80H133NO18/c1-3-5-7-9-11-13-15-17-19-21-23-25-26-27-28-29-30-31-32-33-34-35-36-38-40-42-44-46-48-50-52-54-56-58-68(86)81-63(64(85)57-55-53-51-49-47-45-43-41-39-37-24-22-20-18-16-14-12-10-8-6-4-2)62-94-78-74(92)71(89)76(66(60-83)96-78)99-80-75(93)72(90)77(67(61-84)97-80)98-79-73(91)70(88)69(87)65(59-82)95-79/h5,7,11,13,17,19,23,25,27-28,30-31,33-34,36,38-39,41,47,49,55,57,63-67,69-80,82-85,87-93H,3-4,6,8-10,12,14-16,18,20-22,24,26,29,32,35,37,40,42-46,48,50-54,56,58-62H2,1-2H3,(H,81,86)/b7-5-,13-11-,19-17-,25-23-,28-27-,31-30-,34-33-,38-36-,41-39+,49-47+,57-55+. The molecule has 1 amide bonds. The lowest BCUT2D eigenvalue weighted by Gasteiger charge is -2.48. The van der Waals surface area contributed by atoms with Crippen molar-refractivity contribution in [1.29, 1.82) is 0 Å². The van der Waals surface area contributed by atoms with Gasteiger partial charge in [-0.25, -0.2) is 0 Å². The van der Waals surface area contributed by atoms with Crippen molar-refractivity contribution >= 4 is 5.91 Å². The molecule has 0 aromatic heterocycles. The van der Waals surface area contributed by atoms with Crippen LogP contribution in [0.4, 0.5) is 0 Å². The predicted molar refractivity (Wildman–Crippen MR) is 392 cm³/mol. The molecule has 3 rings (SSSR count). The molecular formula is C80H133NO18. The van der Waals surface area contributed by atoms with Gasteiger partial charge in [0.15, 0.2) is 18.9 Å². The van der Waals surface area contributed by atoms with Crippen molar-refractivity contribution < 1.29 is 89.4 Å². The molecule has 12 N–H and O–H groups in total. The molecule has 0 radical (unpaired) electrons. The molecule has 0 aromatic rings. The van der Waals surface area contributed by atoms with E-state index in [9.17, 15) is 61.0 Å². The zero-order valence-corrected chi connectivity index (χ0v) is 60.2. The molecular weight excluding hydrogens is 1260 g/mol. The zero-order valence-electron chi connectivity index (χ0n) is 60.2. The van der Waals surface area contributed by atoms with Gasteiger partial charge in [-0.05, 0) is 109 Å². The highest BCUT2D eigenvalue weighted by atomic mass is 16.8. The third kappa shape index (κ3) is 40.0. The number of aliphatic hydroxyl groups excluding tert-OH is 11. The minimum atomic E-state index is -1.99. The summed E-state index contributed by atoms with van der Waals surface area (Å²) >= 11 is 0. The Bertz CT molecular complexity index is 2310. The average molecular weight is 1400 g/mol. The number of carbonyl (C=O) groups is 1. The fourth-order valence-corrected chi connectivity index (χ4v) is 11.8. The van der Waals surface area contributed by atoms with Crippen molar-refractivity contribution in [3.63, 3.8) is 0 Å². The van der Waals surface area contributed by atoms with Gasteiger partial charge in [0.25, 0.3) is 0 Å². The summed E-state index contributed by atoms with van der Waals surface area (Å²) < 4.78 is 34.4. The minimum absolute atomic E-state index is 0.213. The Morgan fingerprint density at radius 2 is 0.707 bits per heavy atom. The van der Waals surface area contributed by atoms with Crippen molar-refractivity contribution in [1.82, 2.24) is 5.32 Å². The van der Waals surface area contributed by atoms with Crippen molar-refractivity contribution in [2.24, 2.45) is 0 Å². The second kappa shape index (κ2) is 59.3. The number of rotatable bonds is 57. The van der Waals surface area contributed by atoms with Gasteiger partial charge < -0.3 is 89.9 Å². The molecule has 3 aliphatic heterocycles. The van der Waals surface area contributed by atoms with Crippen molar-refractivity contribution in [2.75, 3.05) is 26.4 Å². The van der Waals surface area contributed by atoms with E-state index in [4.69, 9.17) is 28.4 Å². The lowest BCUT2D eigenvalue weighted by atomic mass is 9.96. The molecule has 566 valence electrons. The molecule has 3 saturated heterocycles. The molecule has 0 saturated carbocycles. The minimum Gasteiger partial charge on any atom is -0.394 e. The number of hydrogen-bond donors (Lipinski definition) is 12. The zero-order chi connectivity index (χ0) is 71.8. The van der Waals surface area contributed by atoms with Gasteiger partial charge in [-0.1, -0.05) is 250 Å². The number of carbonyl (C=O) groups excluding carboxylic acids is 1. The first-order chi connectivity index (χ1) is 48.3. The summed E-state index contributed by atoms with van der Waals surface area (Å²) in [5.41, 5.74) is 0. The number of nitrogens with one attached hydrogen (secondary N) is 1. The maximum Gasteiger partial charge on any atom is 0.220 e. The van der Waals surface area contributed by atoms with E-state index in [1.54, 1.807) is 6.08 Å². The summed E-state index contributed by atoms with van der Waals surface area (Å²) in [6.07, 6.45) is 57.1. The van der Waals surface area contributed by atoms with E-state index in [-0.39, 0.29) is 18.9 Å². The smallest absolute Gasteiger partial charge is 0.220 e. The fraction of sp³-hybridized carbons (Fsp3) is 0.713. The molecule has 0 aromatic carbocycles. The third-order valence-electron chi connectivity index (χ3n) is 17.9. The Balaban J connectivity index is 1.41. The Labute approximate surface area is 594 Å². The van der Waals surface area contributed by atoms with Crippen LogP contribution in [-0.2, 0) is 33.2 Å². The van der Waals surface area contributed by atoms with Gasteiger partial charge in [-0.15, -0.1) is 0 Å². The van der Waals surface area contributed by atoms with Crippen LogP contribution in [0.25, 0.3) is 0 Å². The first kappa shape index (κ1) is 89.1. The fourth-order valence-electron chi connectivity index (χ4n) is 11.8. The molecule has 17 unspecified atom stereocenters. The van der Waals surface area contributed by atoms with Gasteiger partial charge in [0.1, 0.15) is 73.2 Å². The molecule has 3 fully saturated rings. The monoisotopic (exact) mass is 1400 g/mol. The lowest BCUT2D eigenvalue weighted by Crippen LogP contribution is -2.66. The van der Waals surface area contributed by atoms with Crippen LogP contribution in [0.15, 0.2) is 134 Å². The van der Waals surface area contributed by atoms with Gasteiger partial charge in [0, 0.05) is 6.42 Å². The maximum absolute atomic E-state index is 13.4. The highest BCUT2D eigenvalue weighted by Gasteiger charge is 2.53. The summed E-state index contributed by atoms with van der Waals surface area (Å²) in [5, 5.41) is 121. The van der Waals surface area contributed by atoms with Crippen LogP contribution in [0.2, 0.25) is 0 Å². The number of unbranched alkanes of at least 4 members (excludes halogenated alkanes) is 21. The number of aliphatic hydroxyl groups is 11. The topological polar surface area (TPSA) is 307 Å². The average Bonchev–Trinajstić information content (AvgIpc) is 0.761. The maximum atomic E-state index is 13.4. The van der Waals surface area contributed by atoms with Crippen LogP contribution in [0.1, 0.15) is 232 Å². The quantitative estimate of drug-likeness (QED) is 0.0199. The molecule has 0 spiro atoms. The number of hydrogen-bond acceptors (Lipinski definition) is 18. The van der Waals surface area contributed by atoms with E-state index in [0.29, 0.717) is 12.8 Å². The Morgan fingerprint density at radius 3 is 1.13 bits per heavy atom. The van der Waals surface area contributed by atoms with E-state index in [2.05, 4.69) is 141 Å². The van der Waals surface area contributed by atoms with Gasteiger partial charge >= 0.3 is 0 Å². The number of ether oxygens (including phenoxy) is 6.